The van der Waals surface area contributed by atoms with Crippen LogP contribution in [0.1, 0.15) is 52.5 Å². The van der Waals surface area contributed by atoms with E-state index in [1.165, 1.54) is 5.56 Å². The zero-order valence-electron chi connectivity index (χ0n) is 12.9. The molecule has 1 amide bonds. The van der Waals surface area contributed by atoms with Gasteiger partial charge in [0, 0.05) is 17.9 Å². The first-order valence-corrected chi connectivity index (χ1v) is 7.21. The predicted molar refractivity (Wildman–Crippen MR) is 81.1 cm³/mol. The largest absolute Gasteiger partial charge is 0.355 e. The smallest absolute Gasteiger partial charge is 0.225 e. The average Bonchev–Trinajstić information content (AvgIpc) is 2.39. The van der Waals surface area contributed by atoms with Crippen LogP contribution in [-0.4, -0.2) is 12.5 Å². The summed E-state index contributed by atoms with van der Waals surface area (Å²) in [5, 5.41) is 3.11. The lowest BCUT2D eigenvalue weighted by Gasteiger charge is -2.26. The lowest BCUT2D eigenvalue weighted by Crippen LogP contribution is -2.39. The normalized spacial score (nSPS) is 13.4. The second-order valence-electron chi connectivity index (χ2n) is 6.21. The molecule has 1 rings (SSSR count). The highest BCUT2D eigenvalue weighted by molar-refractivity contribution is 5.81. The number of hydrogen-bond donors (Lipinski definition) is 1. The molecule has 0 saturated heterocycles. The van der Waals surface area contributed by atoms with E-state index in [4.69, 9.17) is 0 Å². The molecular formula is C17H27NO. The highest BCUT2D eigenvalue weighted by Crippen LogP contribution is 2.25. The fourth-order valence-corrected chi connectivity index (χ4v) is 2.04. The highest BCUT2D eigenvalue weighted by Gasteiger charge is 2.26. The Morgan fingerprint density at radius 1 is 1.21 bits per heavy atom. The Hall–Kier alpha value is -1.31. The van der Waals surface area contributed by atoms with Crippen molar-refractivity contribution in [3.05, 3.63) is 35.9 Å². The molecule has 2 heteroatoms. The van der Waals surface area contributed by atoms with Crippen molar-refractivity contribution in [2.24, 2.45) is 11.3 Å². The van der Waals surface area contributed by atoms with Gasteiger partial charge in [-0.25, -0.2) is 0 Å². The van der Waals surface area contributed by atoms with Crippen molar-refractivity contribution in [2.75, 3.05) is 6.54 Å². The van der Waals surface area contributed by atoms with Crippen molar-refractivity contribution < 1.29 is 4.79 Å². The topological polar surface area (TPSA) is 29.1 Å². The summed E-state index contributed by atoms with van der Waals surface area (Å²) in [5.41, 5.74) is 1.02. The van der Waals surface area contributed by atoms with Gasteiger partial charge in [0.05, 0.1) is 0 Å². The van der Waals surface area contributed by atoms with Crippen LogP contribution in [-0.2, 0) is 4.79 Å². The molecule has 0 saturated carbocycles. The van der Waals surface area contributed by atoms with Crippen LogP contribution in [0.5, 0.6) is 0 Å². The molecule has 1 unspecified atom stereocenters. The first kappa shape index (κ1) is 15.7. The Morgan fingerprint density at radius 2 is 1.79 bits per heavy atom. The number of hydrogen-bond acceptors (Lipinski definition) is 1. The van der Waals surface area contributed by atoms with Crippen LogP contribution in [0.3, 0.4) is 0 Å². The second-order valence-corrected chi connectivity index (χ2v) is 6.21. The quantitative estimate of drug-likeness (QED) is 0.824. The third-order valence-electron chi connectivity index (χ3n) is 4.01. The van der Waals surface area contributed by atoms with Crippen LogP contribution in [0.25, 0.3) is 0 Å². The molecule has 0 bridgehead atoms. The van der Waals surface area contributed by atoms with Crippen molar-refractivity contribution in [2.45, 2.75) is 47.0 Å². The van der Waals surface area contributed by atoms with Gasteiger partial charge in [0.1, 0.15) is 0 Å². The Kier molecular flexibility index (Phi) is 5.59. The van der Waals surface area contributed by atoms with Gasteiger partial charge in [-0.2, -0.15) is 0 Å². The summed E-state index contributed by atoms with van der Waals surface area (Å²) in [7, 11) is 0. The van der Waals surface area contributed by atoms with Gasteiger partial charge >= 0.3 is 0 Å². The summed E-state index contributed by atoms with van der Waals surface area (Å²) in [6.45, 7) is 11.2. The van der Waals surface area contributed by atoms with Crippen LogP contribution in [0.4, 0.5) is 0 Å². The molecule has 1 atom stereocenters. The van der Waals surface area contributed by atoms with Gasteiger partial charge < -0.3 is 5.32 Å². The molecular weight excluding hydrogens is 234 g/mol. The molecule has 0 aliphatic carbocycles. The minimum Gasteiger partial charge on any atom is -0.355 e. The van der Waals surface area contributed by atoms with Gasteiger partial charge in [0.25, 0.3) is 0 Å². The molecule has 0 spiro atoms. The average molecular weight is 261 g/mol. The maximum absolute atomic E-state index is 12.1. The molecule has 1 N–H and O–H groups in total. The molecule has 1 aromatic carbocycles. The summed E-state index contributed by atoms with van der Waals surface area (Å²) >= 11 is 0. The van der Waals surface area contributed by atoms with Gasteiger partial charge in [0.2, 0.25) is 5.91 Å². The fourth-order valence-electron chi connectivity index (χ4n) is 2.04. The first-order valence-electron chi connectivity index (χ1n) is 7.21. The molecule has 0 aliphatic heterocycles. The second kappa shape index (κ2) is 6.74. The Labute approximate surface area is 117 Å². The van der Waals surface area contributed by atoms with Gasteiger partial charge in [-0.05, 0) is 17.9 Å². The molecule has 0 aliphatic rings. The van der Waals surface area contributed by atoms with Crippen molar-refractivity contribution in [3.8, 4) is 0 Å². The van der Waals surface area contributed by atoms with E-state index in [1.807, 2.05) is 19.9 Å². The number of amides is 1. The standard InChI is InChI=1S/C17H27NO/c1-6-17(4,5)16(19)18-12-15(13(2)3)14-10-8-7-9-11-14/h7-11,13,15H,6,12H2,1-5H3,(H,18,19). The maximum Gasteiger partial charge on any atom is 0.225 e. The fraction of sp³-hybridized carbons (Fsp3) is 0.588. The zero-order valence-corrected chi connectivity index (χ0v) is 12.9. The Morgan fingerprint density at radius 3 is 2.26 bits per heavy atom. The first-order chi connectivity index (χ1) is 8.88. The number of benzene rings is 1. The van der Waals surface area contributed by atoms with Crippen LogP contribution in [0.15, 0.2) is 30.3 Å². The lowest BCUT2D eigenvalue weighted by atomic mass is 9.86. The van der Waals surface area contributed by atoms with E-state index in [0.29, 0.717) is 18.4 Å². The van der Waals surface area contributed by atoms with Crippen LogP contribution < -0.4 is 5.32 Å². The van der Waals surface area contributed by atoms with Crippen molar-refractivity contribution in [1.82, 2.24) is 5.32 Å². The van der Waals surface area contributed by atoms with Crippen LogP contribution >= 0.6 is 0 Å². The highest BCUT2D eigenvalue weighted by atomic mass is 16.2. The van der Waals surface area contributed by atoms with E-state index in [0.717, 1.165) is 6.42 Å². The third kappa shape index (κ3) is 4.38. The van der Waals surface area contributed by atoms with Gasteiger partial charge in [-0.1, -0.05) is 65.0 Å². The minimum atomic E-state index is -0.280. The predicted octanol–water partition coefficient (Wildman–Crippen LogP) is 3.98. The summed E-state index contributed by atoms with van der Waals surface area (Å²) in [5.74, 6) is 1.03. The Bertz CT molecular complexity index is 395. The van der Waals surface area contributed by atoms with Crippen molar-refractivity contribution >= 4 is 5.91 Å². The molecule has 106 valence electrons. The van der Waals surface area contributed by atoms with E-state index in [2.05, 4.69) is 50.4 Å². The third-order valence-corrected chi connectivity index (χ3v) is 4.01. The van der Waals surface area contributed by atoms with E-state index in [1.54, 1.807) is 0 Å². The summed E-state index contributed by atoms with van der Waals surface area (Å²) in [4.78, 5) is 12.1. The summed E-state index contributed by atoms with van der Waals surface area (Å²) in [6.07, 6.45) is 0.858. The molecule has 0 heterocycles. The number of rotatable bonds is 6. The summed E-state index contributed by atoms with van der Waals surface area (Å²) in [6, 6.07) is 10.4. The van der Waals surface area contributed by atoms with Crippen molar-refractivity contribution in [3.63, 3.8) is 0 Å². The van der Waals surface area contributed by atoms with Crippen LogP contribution in [0, 0.1) is 11.3 Å². The number of carbonyl (C=O) groups is 1. The van der Waals surface area contributed by atoms with E-state index in [9.17, 15) is 4.79 Å². The van der Waals surface area contributed by atoms with E-state index < -0.39 is 0 Å². The Balaban J connectivity index is 2.69. The maximum atomic E-state index is 12.1. The van der Waals surface area contributed by atoms with E-state index >= 15 is 0 Å². The van der Waals surface area contributed by atoms with E-state index in [-0.39, 0.29) is 11.3 Å². The molecule has 0 fully saturated rings. The van der Waals surface area contributed by atoms with Crippen molar-refractivity contribution in [1.29, 1.82) is 0 Å². The molecule has 19 heavy (non-hydrogen) atoms. The molecule has 2 nitrogen and oxygen atoms in total. The molecule has 0 radical (unpaired) electrons. The SMILES string of the molecule is CCC(C)(C)C(=O)NCC(c1ccccc1)C(C)C. The number of carbonyl (C=O) groups excluding carboxylic acids is 1. The zero-order chi connectivity index (χ0) is 14.5. The molecule has 0 aromatic heterocycles. The minimum absolute atomic E-state index is 0.150. The monoisotopic (exact) mass is 261 g/mol. The molecule has 1 aromatic rings. The lowest BCUT2D eigenvalue weighted by molar-refractivity contribution is -0.129. The van der Waals surface area contributed by atoms with Gasteiger partial charge in [0.15, 0.2) is 0 Å². The van der Waals surface area contributed by atoms with Gasteiger partial charge in [-0.3, -0.25) is 4.79 Å². The summed E-state index contributed by atoms with van der Waals surface area (Å²) < 4.78 is 0. The van der Waals surface area contributed by atoms with Crippen LogP contribution in [0.2, 0.25) is 0 Å². The van der Waals surface area contributed by atoms with Gasteiger partial charge in [-0.15, -0.1) is 0 Å². The number of nitrogens with one attached hydrogen (secondary N) is 1.